The maximum atomic E-state index is 12.3. The quantitative estimate of drug-likeness (QED) is 0.691. The molecule has 1 aromatic heterocycles. The number of nitrogens with zero attached hydrogens (tertiary/aromatic N) is 3. The van der Waals surface area contributed by atoms with Gasteiger partial charge in [0, 0.05) is 32.5 Å². The second-order valence-corrected chi connectivity index (χ2v) is 6.24. The third-order valence-electron chi connectivity index (χ3n) is 4.24. The predicted octanol–water partition coefficient (Wildman–Crippen LogP) is 2.70. The molecule has 0 atom stereocenters. The van der Waals surface area contributed by atoms with Gasteiger partial charge in [-0.3, -0.25) is 4.79 Å². The van der Waals surface area contributed by atoms with Gasteiger partial charge in [-0.15, -0.1) is 0 Å². The first-order chi connectivity index (χ1) is 13.1. The van der Waals surface area contributed by atoms with Crippen LogP contribution in [0.3, 0.4) is 0 Å². The lowest BCUT2D eigenvalue weighted by Crippen LogP contribution is -2.26. The highest BCUT2D eigenvalue weighted by Crippen LogP contribution is 2.27. The number of hydrogen-bond acceptors (Lipinski definition) is 6. The zero-order chi connectivity index (χ0) is 19.6. The summed E-state index contributed by atoms with van der Waals surface area (Å²) in [4.78, 5) is 22.8. The molecule has 0 saturated carbocycles. The van der Waals surface area contributed by atoms with Gasteiger partial charge in [0.2, 0.25) is 5.95 Å². The molecule has 1 heterocycles. The SMILES string of the molecule is CCCCN(C)c1ncc(C(=O)NCCc2ccc(OC)c(OC)c2)cn1. The van der Waals surface area contributed by atoms with E-state index in [0.29, 0.717) is 36.0 Å². The first-order valence-electron chi connectivity index (χ1n) is 9.11. The minimum Gasteiger partial charge on any atom is -0.493 e. The molecule has 7 heteroatoms. The number of methoxy groups -OCH3 is 2. The highest BCUT2D eigenvalue weighted by Gasteiger charge is 2.10. The number of aromatic nitrogens is 2. The number of benzene rings is 1. The minimum atomic E-state index is -0.182. The zero-order valence-electron chi connectivity index (χ0n) is 16.5. The summed E-state index contributed by atoms with van der Waals surface area (Å²) in [7, 11) is 5.16. The Labute approximate surface area is 160 Å². The highest BCUT2D eigenvalue weighted by atomic mass is 16.5. The van der Waals surface area contributed by atoms with Crippen molar-refractivity contribution < 1.29 is 14.3 Å². The smallest absolute Gasteiger partial charge is 0.254 e. The van der Waals surface area contributed by atoms with Crippen LogP contribution in [-0.4, -0.2) is 50.2 Å². The van der Waals surface area contributed by atoms with Crippen LogP contribution in [0.4, 0.5) is 5.95 Å². The summed E-state index contributed by atoms with van der Waals surface area (Å²) < 4.78 is 10.5. The second-order valence-electron chi connectivity index (χ2n) is 6.24. The van der Waals surface area contributed by atoms with Gasteiger partial charge in [-0.1, -0.05) is 19.4 Å². The van der Waals surface area contributed by atoms with Gasteiger partial charge in [0.1, 0.15) is 0 Å². The van der Waals surface area contributed by atoms with Gasteiger partial charge in [-0.05, 0) is 30.5 Å². The summed E-state index contributed by atoms with van der Waals surface area (Å²) in [5.74, 6) is 1.81. The molecule has 1 aromatic carbocycles. The number of carbonyl (C=O) groups is 1. The number of nitrogens with one attached hydrogen (secondary N) is 1. The lowest BCUT2D eigenvalue weighted by atomic mass is 10.1. The van der Waals surface area contributed by atoms with E-state index in [2.05, 4.69) is 22.2 Å². The number of unbranched alkanes of at least 4 members (excludes halogenated alkanes) is 1. The second kappa shape index (κ2) is 10.4. The largest absolute Gasteiger partial charge is 0.493 e. The van der Waals surface area contributed by atoms with E-state index in [9.17, 15) is 4.79 Å². The van der Waals surface area contributed by atoms with Crippen LogP contribution in [0, 0.1) is 0 Å². The molecule has 0 fully saturated rings. The molecule has 0 radical (unpaired) electrons. The molecular weight excluding hydrogens is 344 g/mol. The van der Waals surface area contributed by atoms with Crippen molar-refractivity contribution in [1.29, 1.82) is 0 Å². The summed E-state index contributed by atoms with van der Waals surface area (Å²) in [5, 5.41) is 2.89. The fourth-order valence-corrected chi connectivity index (χ4v) is 2.59. The molecule has 0 aliphatic carbocycles. The molecular formula is C20H28N4O3. The molecule has 1 N–H and O–H groups in total. The van der Waals surface area contributed by atoms with Crippen LogP contribution in [0.5, 0.6) is 11.5 Å². The molecule has 146 valence electrons. The van der Waals surface area contributed by atoms with Crippen molar-refractivity contribution in [3.05, 3.63) is 41.7 Å². The Morgan fingerprint density at radius 1 is 1.15 bits per heavy atom. The van der Waals surface area contributed by atoms with E-state index >= 15 is 0 Å². The Balaban J connectivity index is 1.87. The van der Waals surface area contributed by atoms with E-state index in [-0.39, 0.29) is 5.91 Å². The average Bonchev–Trinajstić information content (AvgIpc) is 2.71. The monoisotopic (exact) mass is 372 g/mol. The first kappa shape index (κ1) is 20.5. The third-order valence-corrected chi connectivity index (χ3v) is 4.24. The van der Waals surface area contributed by atoms with E-state index in [1.165, 1.54) is 0 Å². The maximum Gasteiger partial charge on any atom is 0.254 e. The molecule has 1 amide bonds. The Kier molecular flexibility index (Phi) is 7.85. The van der Waals surface area contributed by atoms with Crippen LogP contribution in [0.15, 0.2) is 30.6 Å². The Bertz CT molecular complexity index is 735. The van der Waals surface area contributed by atoms with Crippen molar-refractivity contribution in [2.45, 2.75) is 26.2 Å². The molecule has 2 rings (SSSR count). The van der Waals surface area contributed by atoms with Gasteiger partial charge in [0.15, 0.2) is 11.5 Å². The topological polar surface area (TPSA) is 76.6 Å². The Morgan fingerprint density at radius 2 is 1.85 bits per heavy atom. The standard InChI is InChI=1S/C20H28N4O3/c1-5-6-11-24(2)20-22-13-16(14-23-20)19(25)21-10-9-15-7-8-17(26-3)18(12-15)27-4/h7-8,12-14H,5-6,9-11H2,1-4H3,(H,21,25). The molecule has 2 aromatic rings. The average molecular weight is 372 g/mol. The molecule has 0 aliphatic rings. The van der Waals surface area contributed by atoms with Gasteiger partial charge >= 0.3 is 0 Å². The van der Waals surface area contributed by atoms with Crippen molar-refractivity contribution in [2.75, 3.05) is 39.3 Å². The van der Waals surface area contributed by atoms with Crippen LogP contribution >= 0.6 is 0 Å². The van der Waals surface area contributed by atoms with Crippen molar-refractivity contribution in [1.82, 2.24) is 15.3 Å². The van der Waals surface area contributed by atoms with E-state index in [4.69, 9.17) is 9.47 Å². The Morgan fingerprint density at radius 3 is 2.48 bits per heavy atom. The molecule has 0 bridgehead atoms. The third kappa shape index (κ3) is 5.84. The molecule has 0 aliphatic heterocycles. The van der Waals surface area contributed by atoms with Crippen LogP contribution in [0.25, 0.3) is 0 Å². The van der Waals surface area contributed by atoms with Crippen molar-refractivity contribution in [2.24, 2.45) is 0 Å². The van der Waals surface area contributed by atoms with Crippen LogP contribution in [-0.2, 0) is 6.42 Å². The summed E-state index contributed by atoms with van der Waals surface area (Å²) in [6, 6.07) is 5.73. The summed E-state index contributed by atoms with van der Waals surface area (Å²) >= 11 is 0. The molecule has 0 saturated heterocycles. The molecule has 7 nitrogen and oxygen atoms in total. The lowest BCUT2D eigenvalue weighted by Gasteiger charge is -2.16. The number of anilines is 1. The van der Waals surface area contributed by atoms with Gasteiger partial charge in [-0.2, -0.15) is 0 Å². The van der Waals surface area contributed by atoms with E-state index in [1.807, 2.05) is 30.1 Å². The van der Waals surface area contributed by atoms with E-state index < -0.39 is 0 Å². The number of hydrogen-bond donors (Lipinski definition) is 1. The summed E-state index contributed by atoms with van der Waals surface area (Å²) in [6.07, 6.45) is 6.01. The molecule has 27 heavy (non-hydrogen) atoms. The number of ether oxygens (including phenoxy) is 2. The molecule has 0 spiro atoms. The van der Waals surface area contributed by atoms with Gasteiger partial charge in [-0.25, -0.2) is 9.97 Å². The van der Waals surface area contributed by atoms with Gasteiger partial charge in [0.05, 0.1) is 19.8 Å². The summed E-state index contributed by atoms with van der Waals surface area (Å²) in [5.41, 5.74) is 1.51. The van der Waals surface area contributed by atoms with Crippen LogP contribution < -0.4 is 19.7 Å². The van der Waals surface area contributed by atoms with Crippen LogP contribution in [0.2, 0.25) is 0 Å². The van der Waals surface area contributed by atoms with E-state index in [1.54, 1.807) is 26.6 Å². The van der Waals surface area contributed by atoms with Crippen LogP contribution in [0.1, 0.15) is 35.7 Å². The normalized spacial score (nSPS) is 10.4. The fraction of sp³-hybridized carbons (Fsp3) is 0.450. The van der Waals surface area contributed by atoms with Gasteiger partial charge in [0.25, 0.3) is 5.91 Å². The number of carbonyl (C=O) groups excluding carboxylic acids is 1. The maximum absolute atomic E-state index is 12.3. The van der Waals surface area contributed by atoms with Crippen molar-refractivity contribution >= 4 is 11.9 Å². The fourth-order valence-electron chi connectivity index (χ4n) is 2.59. The van der Waals surface area contributed by atoms with Crippen molar-refractivity contribution in [3.8, 4) is 11.5 Å². The molecule has 0 unspecified atom stereocenters. The summed E-state index contributed by atoms with van der Waals surface area (Å²) in [6.45, 7) is 3.55. The zero-order valence-corrected chi connectivity index (χ0v) is 16.5. The first-order valence-corrected chi connectivity index (χ1v) is 9.11. The van der Waals surface area contributed by atoms with Crippen molar-refractivity contribution in [3.63, 3.8) is 0 Å². The number of rotatable bonds is 10. The number of amides is 1. The lowest BCUT2D eigenvalue weighted by molar-refractivity contribution is 0.0953. The minimum absolute atomic E-state index is 0.182. The van der Waals surface area contributed by atoms with Gasteiger partial charge < -0.3 is 19.7 Å². The highest BCUT2D eigenvalue weighted by molar-refractivity contribution is 5.93. The Hall–Kier alpha value is -2.83. The predicted molar refractivity (Wildman–Crippen MR) is 106 cm³/mol. The van der Waals surface area contributed by atoms with E-state index in [0.717, 1.165) is 24.9 Å².